The van der Waals surface area contributed by atoms with Crippen molar-refractivity contribution in [1.82, 2.24) is 0 Å². The van der Waals surface area contributed by atoms with Crippen LogP contribution in [-0.4, -0.2) is 54.1 Å². The number of ketones is 1. The van der Waals surface area contributed by atoms with E-state index >= 15 is 0 Å². The molecule has 41 heavy (non-hydrogen) atoms. The summed E-state index contributed by atoms with van der Waals surface area (Å²) in [5, 5.41) is 0.301. The predicted octanol–water partition coefficient (Wildman–Crippen LogP) is 9.68. The summed E-state index contributed by atoms with van der Waals surface area (Å²) in [6, 6.07) is 0. The van der Waals surface area contributed by atoms with Crippen LogP contribution in [0.15, 0.2) is 12.2 Å². The Morgan fingerprint density at radius 2 is 1.51 bits per heavy atom. The van der Waals surface area contributed by atoms with E-state index in [1.165, 1.54) is 32.1 Å². The zero-order chi connectivity index (χ0) is 31.1. The second kappa shape index (κ2) is 15.6. The van der Waals surface area contributed by atoms with Gasteiger partial charge in [0.2, 0.25) is 0 Å². The van der Waals surface area contributed by atoms with E-state index in [-0.39, 0.29) is 40.4 Å². The lowest BCUT2D eigenvalue weighted by Gasteiger charge is -2.43. The first-order valence-electron chi connectivity index (χ1n) is 16.7. The molecule has 2 rings (SSSR count). The second-order valence-electron chi connectivity index (χ2n) is 15.8. The fourth-order valence-electron chi connectivity index (χ4n) is 5.97. The summed E-state index contributed by atoms with van der Waals surface area (Å²) in [7, 11) is -3.93. The van der Waals surface area contributed by atoms with Gasteiger partial charge in [-0.25, -0.2) is 0 Å². The summed E-state index contributed by atoms with van der Waals surface area (Å²) >= 11 is 0. The van der Waals surface area contributed by atoms with Crippen molar-refractivity contribution in [3.05, 3.63) is 12.2 Å². The molecule has 0 spiro atoms. The fraction of sp³-hybridized carbons (Fsp3) is 0.912. The van der Waals surface area contributed by atoms with Crippen molar-refractivity contribution in [2.45, 2.75) is 168 Å². The lowest BCUT2D eigenvalue weighted by atomic mass is 9.81. The number of carbonyl (C=O) groups excluding carboxylic acids is 1. The van der Waals surface area contributed by atoms with E-state index in [4.69, 9.17) is 18.3 Å². The van der Waals surface area contributed by atoms with Gasteiger partial charge in [-0.1, -0.05) is 73.0 Å². The third-order valence-corrected chi connectivity index (χ3v) is 19.7. The molecule has 2 aliphatic rings. The van der Waals surface area contributed by atoms with Crippen molar-refractivity contribution in [3.8, 4) is 0 Å². The molecule has 0 N–H and O–H groups in total. The van der Waals surface area contributed by atoms with Crippen LogP contribution in [0.25, 0.3) is 0 Å². The highest BCUT2D eigenvalue weighted by Crippen LogP contribution is 2.45. The van der Waals surface area contributed by atoms with Crippen LogP contribution in [0.5, 0.6) is 0 Å². The minimum absolute atomic E-state index is 0.00482. The van der Waals surface area contributed by atoms with Gasteiger partial charge in [0.05, 0.1) is 12.7 Å². The number of hydrogen-bond donors (Lipinski definition) is 0. The summed E-state index contributed by atoms with van der Waals surface area (Å²) in [5.74, 6) is 1.24. The first kappa shape index (κ1) is 36.9. The zero-order valence-electron chi connectivity index (χ0n) is 28.9. The standard InChI is InChI=1S/C34H66O5Si2/c1-13-36-26(2)37-24-18-17-21-28-29(32(25-30(28)35)39-41(11,12)34(6,7)8)22-23-31(27-19-15-14-16-20-27)38-40(9,10)33(3,4)5/h17-18,26-29,31-32H,13-16,19-25H2,1-12H3/b18-17-/t26?,28-,29-,31-,32-/m1/s1. The minimum atomic E-state index is -2.02. The van der Waals surface area contributed by atoms with E-state index in [9.17, 15) is 4.79 Å². The molecule has 0 bridgehead atoms. The molecule has 2 saturated carbocycles. The van der Waals surface area contributed by atoms with Gasteiger partial charge in [-0.05, 0) is 94.1 Å². The number of rotatable bonds is 15. The van der Waals surface area contributed by atoms with Crippen LogP contribution in [0, 0.1) is 17.8 Å². The maximum absolute atomic E-state index is 13.5. The largest absolute Gasteiger partial charge is 0.414 e. The van der Waals surface area contributed by atoms with Crippen molar-refractivity contribution in [3.63, 3.8) is 0 Å². The minimum Gasteiger partial charge on any atom is -0.414 e. The van der Waals surface area contributed by atoms with E-state index in [1.807, 2.05) is 19.9 Å². The SMILES string of the molecule is CCOC(C)OC/C=C\C[C@H]1C(=O)C[C@@H](O[Si](C)(C)C(C)(C)C)[C@@H]1CC[C@@H](O[Si](C)(C)C(C)(C)C)C1CCCCC1. The Morgan fingerprint density at radius 1 is 0.902 bits per heavy atom. The Hall–Kier alpha value is -0.316. The molecule has 0 aromatic rings. The van der Waals surface area contributed by atoms with Crippen LogP contribution < -0.4 is 0 Å². The molecule has 5 nitrogen and oxygen atoms in total. The molecule has 2 fully saturated rings. The first-order chi connectivity index (χ1) is 18.9. The number of Topliss-reactive ketones (excluding diaryl/α,β-unsaturated/α-hetero) is 1. The van der Waals surface area contributed by atoms with Crippen LogP contribution in [0.1, 0.15) is 113 Å². The van der Waals surface area contributed by atoms with Crippen molar-refractivity contribution >= 4 is 22.4 Å². The molecule has 240 valence electrons. The first-order valence-corrected chi connectivity index (χ1v) is 22.5. The van der Waals surface area contributed by atoms with E-state index in [1.54, 1.807) is 0 Å². The topological polar surface area (TPSA) is 54.0 Å². The summed E-state index contributed by atoms with van der Waals surface area (Å²) in [5.41, 5.74) is 0. The molecular formula is C34H66O5Si2. The van der Waals surface area contributed by atoms with Gasteiger partial charge >= 0.3 is 0 Å². The lowest BCUT2D eigenvalue weighted by Crippen LogP contribution is -2.47. The fourth-order valence-corrected chi connectivity index (χ4v) is 8.76. The molecular weight excluding hydrogens is 545 g/mol. The summed E-state index contributed by atoms with van der Waals surface area (Å²) in [6.45, 7) is 28.4. The van der Waals surface area contributed by atoms with Gasteiger partial charge < -0.3 is 18.3 Å². The van der Waals surface area contributed by atoms with Gasteiger partial charge in [-0.2, -0.15) is 0 Å². The molecule has 0 heterocycles. The van der Waals surface area contributed by atoms with Crippen LogP contribution in [0.3, 0.4) is 0 Å². The highest BCUT2D eigenvalue weighted by Gasteiger charge is 2.48. The number of ether oxygens (including phenoxy) is 2. The van der Waals surface area contributed by atoms with Crippen molar-refractivity contribution in [1.29, 1.82) is 0 Å². The smallest absolute Gasteiger partial charge is 0.192 e. The van der Waals surface area contributed by atoms with E-state index in [2.05, 4.69) is 73.8 Å². The van der Waals surface area contributed by atoms with Crippen molar-refractivity contribution in [2.75, 3.05) is 13.2 Å². The Balaban J connectivity index is 2.24. The molecule has 0 amide bonds. The van der Waals surface area contributed by atoms with Gasteiger partial charge in [-0.3, -0.25) is 4.79 Å². The zero-order valence-corrected chi connectivity index (χ0v) is 30.9. The number of carbonyl (C=O) groups is 1. The summed E-state index contributed by atoms with van der Waals surface area (Å²) < 4.78 is 25.4. The average Bonchev–Trinajstić information content (AvgIpc) is 3.13. The van der Waals surface area contributed by atoms with Crippen LogP contribution in [0.4, 0.5) is 0 Å². The molecule has 1 unspecified atom stereocenters. The quantitative estimate of drug-likeness (QED) is 0.105. The third-order valence-electron chi connectivity index (χ3n) is 10.7. The van der Waals surface area contributed by atoms with Gasteiger partial charge in [0, 0.05) is 25.0 Å². The third kappa shape index (κ3) is 11.0. The summed E-state index contributed by atoms with van der Waals surface area (Å²) in [6.07, 6.45) is 14.1. The Kier molecular flexibility index (Phi) is 14.0. The van der Waals surface area contributed by atoms with Crippen LogP contribution >= 0.6 is 0 Å². The average molecular weight is 611 g/mol. The molecule has 0 aromatic carbocycles. The van der Waals surface area contributed by atoms with Gasteiger partial charge in [0.25, 0.3) is 0 Å². The highest BCUT2D eigenvalue weighted by atomic mass is 28.4. The molecule has 7 heteroatoms. The molecule has 0 radical (unpaired) electrons. The Labute approximate surface area is 256 Å². The highest BCUT2D eigenvalue weighted by molar-refractivity contribution is 6.74. The van der Waals surface area contributed by atoms with Crippen LogP contribution in [0.2, 0.25) is 36.3 Å². The van der Waals surface area contributed by atoms with Gasteiger partial charge in [-0.15, -0.1) is 0 Å². The van der Waals surface area contributed by atoms with E-state index < -0.39 is 16.6 Å². The molecule has 0 saturated heterocycles. The molecule has 0 aromatic heterocycles. The maximum Gasteiger partial charge on any atom is 0.192 e. The van der Waals surface area contributed by atoms with E-state index in [0.29, 0.717) is 31.3 Å². The predicted molar refractivity (Wildman–Crippen MR) is 177 cm³/mol. The molecule has 2 aliphatic carbocycles. The number of hydrogen-bond acceptors (Lipinski definition) is 5. The maximum atomic E-state index is 13.5. The number of allylic oxidation sites excluding steroid dienone is 1. The van der Waals surface area contributed by atoms with Gasteiger partial charge in [0.1, 0.15) is 5.78 Å². The molecule has 5 atom stereocenters. The Morgan fingerprint density at radius 3 is 2.07 bits per heavy atom. The summed E-state index contributed by atoms with van der Waals surface area (Å²) in [4.78, 5) is 13.5. The van der Waals surface area contributed by atoms with Gasteiger partial charge in [0.15, 0.2) is 22.9 Å². The Bertz CT molecular complexity index is 820. The van der Waals surface area contributed by atoms with Crippen LogP contribution in [-0.2, 0) is 23.1 Å². The molecule has 0 aliphatic heterocycles. The lowest BCUT2D eigenvalue weighted by molar-refractivity contribution is -0.121. The monoisotopic (exact) mass is 610 g/mol. The second-order valence-corrected chi connectivity index (χ2v) is 25.3. The van der Waals surface area contributed by atoms with Crippen molar-refractivity contribution < 1.29 is 23.1 Å². The van der Waals surface area contributed by atoms with Crippen molar-refractivity contribution in [2.24, 2.45) is 17.8 Å². The normalized spacial score (nSPS) is 25.3. The van der Waals surface area contributed by atoms with E-state index in [0.717, 1.165) is 19.3 Å².